The molecule has 0 N–H and O–H groups in total. The first-order valence-corrected chi connectivity index (χ1v) is 21.3. The molecule has 294 valence electrons. The number of benzene rings is 9. The standard InChI is InChI=1S/C57H36N6/c1-4-18-37(19-5-1)55-58-56(38-20-6-2-7-21-38)60-57(59-55)46-27-13-17-31-50(46)63-48-29-15-11-25-42(48)44-34-35-51-53(54(44)63)45-26-12-16-30-49(45)62(51)40-32-33-43-41-24-10-14-28-47(41)61(52(43)36-40)39-22-8-3-9-23-39/h1-36H. The lowest BCUT2D eigenvalue weighted by Crippen LogP contribution is -2.03. The van der Waals surface area contributed by atoms with Gasteiger partial charge in [-0.2, -0.15) is 0 Å². The maximum Gasteiger partial charge on any atom is 0.166 e. The lowest BCUT2D eigenvalue weighted by Gasteiger charge is -2.15. The van der Waals surface area contributed by atoms with Crippen LogP contribution in [0.3, 0.4) is 0 Å². The topological polar surface area (TPSA) is 53.5 Å². The fraction of sp³-hybridized carbons (Fsp3) is 0. The van der Waals surface area contributed by atoms with E-state index in [1.165, 1.54) is 37.8 Å². The van der Waals surface area contributed by atoms with Gasteiger partial charge < -0.3 is 13.7 Å². The second kappa shape index (κ2) is 14.0. The van der Waals surface area contributed by atoms with Crippen molar-refractivity contribution < 1.29 is 0 Å². The molecular weight excluding hydrogens is 769 g/mol. The Kier molecular flexibility index (Phi) is 7.80. The zero-order chi connectivity index (χ0) is 41.4. The predicted octanol–water partition coefficient (Wildman–Crippen LogP) is 14.2. The zero-order valence-corrected chi connectivity index (χ0v) is 34.0. The summed E-state index contributed by atoms with van der Waals surface area (Å²) in [7, 11) is 0. The Hall–Kier alpha value is -8.61. The molecule has 0 atom stereocenters. The molecule has 13 aromatic rings. The van der Waals surface area contributed by atoms with Gasteiger partial charge >= 0.3 is 0 Å². The molecule has 0 spiro atoms. The molecule has 0 bridgehead atoms. The molecule has 13 rings (SSSR count). The largest absolute Gasteiger partial charge is 0.309 e. The summed E-state index contributed by atoms with van der Waals surface area (Å²) >= 11 is 0. The second-order valence-corrected chi connectivity index (χ2v) is 16.0. The molecule has 6 nitrogen and oxygen atoms in total. The highest BCUT2D eigenvalue weighted by Crippen LogP contribution is 2.44. The number of para-hydroxylation sites is 5. The van der Waals surface area contributed by atoms with Crippen LogP contribution in [-0.4, -0.2) is 28.7 Å². The first-order valence-electron chi connectivity index (χ1n) is 21.3. The molecule has 0 aliphatic carbocycles. The van der Waals surface area contributed by atoms with Crippen LogP contribution in [0.5, 0.6) is 0 Å². The Bertz CT molecular complexity index is 3840. The fourth-order valence-corrected chi connectivity index (χ4v) is 9.78. The van der Waals surface area contributed by atoms with E-state index in [0.717, 1.165) is 61.3 Å². The number of rotatable bonds is 6. The van der Waals surface area contributed by atoms with Crippen LogP contribution in [0.2, 0.25) is 0 Å². The number of hydrogen-bond acceptors (Lipinski definition) is 3. The molecule has 0 radical (unpaired) electrons. The summed E-state index contributed by atoms with van der Waals surface area (Å²) in [5.74, 6) is 1.87. The van der Waals surface area contributed by atoms with Crippen molar-refractivity contribution in [1.82, 2.24) is 28.7 Å². The van der Waals surface area contributed by atoms with Crippen molar-refractivity contribution in [1.29, 1.82) is 0 Å². The Morgan fingerprint density at radius 3 is 1.44 bits per heavy atom. The minimum atomic E-state index is 0.612. The van der Waals surface area contributed by atoms with E-state index >= 15 is 0 Å². The molecule has 6 heteroatoms. The van der Waals surface area contributed by atoms with Gasteiger partial charge in [0.1, 0.15) is 0 Å². The van der Waals surface area contributed by atoms with Crippen LogP contribution >= 0.6 is 0 Å². The Morgan fingerprint density at radius 2 is 0.762 bits per heavy atom. The second-order valence-electron chi connectivity index (χ2n) is 16.0. The van der Waals surface area contributed by atoms with E-state index in [2.05, 4.69) is 196 Å². The maximum absolute atomic E-state index is 5.21. The van der Waals surface area contributed by atoms with Gasteiger partial charge in [0.2, 0.25) is 0 Å². The van der Waals surface area contributed by atoms with E-state index in [4.69, 9.17) is 15.0 Å². The van der Waals surface area contributed by atoms with Gasteiger partial charge in [-0.05, 0) is 60.7 Å². The van der Waals surface area contributed by atoms with Gasteiger partial charge in [-0.25, -0.2) is 15.0 Å². The highest BCUT2D eigenvalue weighted by atomic mass is 15.1. The van der Waals surface area contributed by atoms with Gasteiger partial charge in [-0.3, -0.25) is 0 Å². The number of nitrogens with zero attached hydrogens (tertiary/aromatic N) is 6. The Morgan fingerprint density at radius 1 is 0.286 bits per heavy atom. The molecule has 0 saturated heterocycles. The monoisotopic (exact) mass is 804 g/mol. The van der Waals surface area contributed by atoms with Gasteiger partial charge in [-0.15, -0.1) is 0 Å². The zero-order valence-electron chi connectivity index (χ0n) is 34.0. The first kappa shape index (κ1) is 35.2. The van der Waals surface area contributed by atoms with Gasteiger partial charge in [0.05, 0.1) is 38.8 Å². The average Bonchev–Trinajstić information content (AvgIpc) is 4.00. The van der Waals surface area contributed by atoms with Crippen LogP contribution in [0.1, 0.15) is 0 Å². The lowest BCUT2D eigenvalue weighted by atomic mass is 10.1. The third kappa shape index (κ3) is 5.41. The van der Waals surface area contributed by atoms with E-state index in [9.17, 15) is 0 Å². The maximum atomic E-state index is 5.21. The minimum Gasteiger partial charge on any atom is -0.309 e. The Labute approximate surface area is 362 Å². The fourth-order valence-electron chi connectivity index (χ4n) is 9.78. The highest BCUT2D eigenvalue weighted by Gasteiger charge is 2.24. The van der Waals surface area contributed by atoms with Crippen molar-refractivity contribution in [2.45, 2.75) is 0 Å². The van der Waals surface area contributed by atoms with E-state index in [1.807, 2.05) is 36.4 Å². The van der Waals surface area contributed by atoms with Gasteiger partial charge in [-0.1, -0.05) is 158 Å². The van der Waals surface area contributed by atoms with E-state index < -0.39 is 0 Å². The van der Waals surface area contributed by atoms with Crippen LogP contribution < -0.4 is 0 Å². The van der Waals surface area contributed by atoms with Crippen LogP contribution in [0.4, 0.5) is 0 Å². The molecule has 0 fully saturated rings. The summed E-state index contributed by atoms with van der Waals surface area (Å²) in [6.07, 6.45) is 0. The Balaban J connectivity index is 1.10. The molecule has 63 heavy (non-hydrogen) atoms. The molecule has 0 saturated carbocycles. The van der Waals surface area contributed by atoms with Crippen LogP contribution in [-0.2, 0) is 0 Å². The summed E-state index contributed by atoms with van der Waals surface area (Å²) in [4.78, 5) is 15.4. The molecule has 0 aliphatic heterocycles. The summed E-state index contributed by atoms with van der Waals surface area (Å²) in [5, 5.41) is 7.19. The van der Waals surface area contributed by atoms with Crippen molar-refractivity contribution in [3.63, 3.8) is 0 Å². The summed E-state index contributed by atoms with van der Waals surface area (Å²) in [6, 6.07) is 77.3. The SMILES string of the molecule is c1ccc(-c2nc(-c3ccccc3)nc(-c3ccccc3-n3c4ccccc4c4ccc5c(c6ccccc6n5-c5ccc6c7ccccc7n(-c7ccccc7)c6c5)c43)n2)cc1. The summed E-state index contributed by atoms with van der Waals surface area (Å²) < 4.78 is 7.26. The van der Waals surface area contributed by atoms with Crippen LogP contribution in [0, 0.1) is 0 Å². The molecule has 0 aliphatic rings. The first-order chi connectivity index (χ1) is 31.3. The lowest BCUT2D eigenvalue weighted by molar-refractivity contribution is 1.06. The third-order valence-corrected chi connectivity index (χ3v) is 12.5. The van der Waals surface area contributed by atoms with E-state index in [0.29, 0.717) is 17.5 Å². The van der Waals surface area contributed by atoms with E-state index in [1.54, 1.807) is 0 Å². The normalized spacial score (nSPS) is 11.8. The van der Waals surface area contributed by atoms with Crippen molar-refractivity contribution in [2.75, 3.05) is 0 Å². The minimum absolute atomic E-state index is 0.612. The van der Waals surface area contributed by atoms with Crippen LogP contribution in [0.25, 0.3) is 117 Å². The van der Waals surface area contributed by atoms with Crippen molar-refractivity contribution in [3.05, 3.63) is 218 Å². The molecule has 0 amide bonds. The smallest absolute Gasteiger partial charge is 0.166 e. The molecule has 9 aromatic carbocycles. The van der Waals surface area contributed by atoms with Gasteiger partial charge in [0.15, 0.2) is 17.5 Å². The van der Waals surface area contributed by atoms with Gasteiger partial charge in [0, 0.05) is 60.4 Å². The van der Waals surface area contributed by atoms with E-state index in [-0.39, 0.29) is 0 Å². The van der Waals surface area contributed by atoms with Gasteiger partial charge in [0.25, 0.3) is 0 Å². The highest BCUT2D eigenvalue weighted by molar-refractivity contribution is 6.26. The van der Waals surface area contributed by atoms with Crippen LogP contribution in [0.15, 0.2) is 218 Å². The summed E-state index contributed by atoms with van der Waals surface area (Å²) in [5.41, 5.74) is 12.9. The predicted molar refractivity (Wildman–Crippen MR) is 259 cm³/mol. The summed E-state index contributed by atoms with van der Waals surface area (Å²) in [6.45, 7) is 0. The molecule has 4 aromatic heterocycles. The third-order valence-electron chi connectivity index (χ3n) is 12.5. The molecular formula is C57H36N6. The molecule has 4 heterocycles. The number of hydrogen-bond donors (Lipinski definition) is 0. The molecule has 0 unspecified atom stereocenters. The average molecular weight is 805 g/mol. The number of aromatic nitrogens is 6. The van der Waals surface area contributed by atoms with Crippen molar-refractivity contribution in [3.8, 4) is 51.2 Å². The number of fused-ring (bicyclic) bond motifs is 10. The quantitative estimate of drug-likeness (QED) is 0.168. The van der Waals surface area contributed by atoms with Crippen molar-refractivity contribution >= 4 is 65.4 Å². The van der Waals surface area contributed by atoms with Crippen molar-refractivity contribution in [2.24, 2.45) is 0 Å².